The first kappa shape index (κ1) is 26.2. The lowest BCUT2D eigenvalue weighted by Crippen LogP contribution is -2.40. The number of benzene rings is 2. The molecule has 0 atom stereocenters. The molecule has 4 nitrogen and oxygen atoms in total. The van der Waals surface area contributed by atoms with Gasteiger partial charge in [-0.05, 0) is 55.6 Å². The Morgan fingerprint density at radius 1 is 0.969 bits per heavy atom. The summed E-state index contributed by atoms with van der Waals surface area (Å²) in [6, 6.07) is 19.4. The van der Waals surface area contributed by atoms with Gasteiger partial charge in [0.15, 0.2) is 8.32 Å². The van der Waals surface area contributed by atoms with E-state index in [0.29, 0.717) is 6.42 Å². The highest BCUT2D eigenvalue weighted by Gasteiger charge is 2.36. The van der Waals surface area contributed by atoms with E-state index in [1.54, 1.807) is 12.1 Å². The molecule has 0 aliphatic rings. The van der Waals surface area contributed by atoms with Crippen molar-refractivity contribution in [3.05, 3.63) is 65.7 Å². The molecule has 0 aliphatic heterocycles. The van der Waals surface area contributed by atoms with E-state index in [1.807, 2.05) is 49.4 Å². The molecule has 0 spiro atoms. The van der Waals surface area contributed by atoms with Gasteiger partial charge in [0.25, 0.3) is 10.0 Å². The summed E-state index contributed by atoms with van der Waals surface area (Å²) in [5.74, 6) is 3.07. The Hall–Kier alpha value is -2.07. The Kier molecular flexibility index (Phi) is 9.14. The van der Waals surface area contributed by atoms with Gasteiger partial charge in [-0.3, -0.25) is 0 Å². The van der Waals surface area contributed by atoms with Gasteiger partial charge in [0.1, 0.15) is 0 Å². The van der Waals surface area contributed by atoms with Crippen LogP contribution < -0.4 is 0 Å². The van der Waals surface area contributed by atoms with Gasteiger partial charge in [-0.1, -0.05) is 74.7 Å². The van der Waals surface area contributed by atoms with Gasteiger partial charge in [-0.15, -0.1) is 0 Å². The van der Waals surface area contributed by atoms with Crippen molar-refractivity contribution in [3.8, 4) is 12.0 Å². The fourth-order valence-corrected chi connectivity index (χ4v) is 5.10. The van der Waals surface area contributed by atoms with E-state index in [-0.39, 0.29) is 16.5 Å². The Morgan fingerprint density at radius 2 is 1.59 bits per heavy atom. The summed E-state index contributed by atoms with van der Waals surface area (Å²) in [6.07, 6.45) is 2.44. The third-order valence-corrected chi connectivity index (χ3v) is 12.2. The molecular weight excluding hydrogens is 434 g/mol. The van der Waals surface area contributed by atoms with Crippen molar-refractivity contribution in [2.24, 2.45) is 0 Å². The molecule has 2 rings (SSSR count). The van der Waals surface area contributed by atoms with E-state index in [4.69, 9.17) is 4.43 Å². The molecule has 2 aromatic rings. The zero-order chi connectivity index (χ0) is 23.8. The van der Waals surface area contributed by atoms with E-state index in [2.05, 4.69) is 45.8 Å². The molecule has 0 bridgehead atoms. The Bertz CT molecular complexity index is 1010. The number of unbranched alkanes of at least 4 members (excludes halogenated alkanes) is 2. The van der Waals surface area contributed by atoms with Crippen LogP contribution in [0.5, 0.6) is 0 Å². The third-order valence-electron chi connectivity index (χ3n) is 5.95. The first-order valence-corrected chi connectivity index (χ1v) is 15.5. The van der Waals surface area contributed by atoms with Crippen LogP contribution in [0.1, 0.15) is 51.2 Å². The average molecular weight is 472 g/mol. The normalized spacial score (nSPS) is 12.2. The molecule has 0 N–H and O–H groups in total. The van der Waals surface area contributed by atoms with E-state index >= 15 is 0 Å². The zero-order valence-corrected chi connectivity index (χ0v) is 22.1. The Labute approximate surface area is 196 Å². The van der Waals surface area contributed by atoms with E-state index in [1.165, 1.54) is 4.31 Å². The monoisotopic (exact) mass is 471 g/mol. The number of hydrogen-bond donors (Lipinski definition) is 0. The van der Waals surface area contributed by atoms with Gasteiger partial charge in [0, 0.05) is 19.1 Å². The molecule has 0 radical (unpaired) electrons. The number of aryl methyl sites for hydroxylation is 1. The van der Waals surface area contributed by atoms with Crippen molar-refractivity contribution in [3.63, 3.8) is 0 Å². The summed E-state index contributed by atoms with van der Waals surface area (Å²) in [6.45, 7) is 14.1. The number of nitrogens with zero attached hydrogens (tertiary/aromatic N) is 1. The summed E-state index contributed by atoms with van der Waals surface area (Å²) in [5.41, 5.74) is 1.92. The highest BCUT2D eigenvalue weighted by atomic mass is 32.2. The van der Waals surface area contributed by atoms with Crippen molar-refractivity contribution in [2.75, 3.05) is 6.61 Å². The number of sulfonamides is 1. The summed E-state index contributed by atoms with van der Waals surface area (Å²) >= 11 is 0. The van der Waals surface area contributed by atoms with Crippen LogP contribution in [-0.2, 0) is 21.0 Å². The lowest BCUT2D eigenvalue weighted by molar-refractivity contribution is 0.280. The molecule has 0 aliphatic carbocycles. The molecule has 0 saturated carbocycles. The first-order valence-electron chi connectivity index (χ1n) is 11.2. The number of hydrogen-bond acceptors (Lipinski definition) is 3. The Balaban J connectivity index is 2.04. The van der Waals surface area contributed by atoms with Gasteiger partial charge in [0.2, 0.25) is 0 Å². The van der Waals surface area contributed by atoms with Gasteiger partial charge in [-0.2, -0.15) is 0 Å². The maximum Gasteiger partial charge on any atom is 0.271 e. The predicted molar refractivity (Wildman–Crippen MR) is 135 cm³/mol. The fourth-order valence-electron chi connectivity index (χ4n) is 2.77. The zero-order valence-electron chi connectivity index (χ0n) is 20.3. The minimum absolute atomic E-state index is 0.203. The fraction of sp³-hybridized carbons (Fsp3) is 0.462. The van der Waals surface area contributed by atoms with Crippen LogP contribution in [0.4, 0.5) is 0 Å². The maximum atomic E-state index is 13.2. The van der Waals surface area contributed by atoms with E-state index in [0.717, 1.165) is 30.6 Å². The van der Waals surface area contributed by atoms with Crippen LogP contribution in [0, 0.1) is 18.9 Å². The SMILES string of the molecule is Cc1ccc(S(=O)(=O)N(C#CCCCCO[Si](C)(C)C(C)(C)C)Cc2ccccc2)cc1. The highest BCUT2D eigenvalue weighted by Crippen LogP contribution is 2.36. The van der Waals surface area contributed by atoms with Crippen molar-refractivity contribution >= 4 is 18.3 Å². The minimum atomic E-state index is -3.71. The molecule has 0 aromatic heterocycles. The van der Waals surface area contributed by atoms with Gasteiger partial charge >= 0.3 is 0 Å². The largest absolute Gasteiger partial charge is 0.417 e. The van der Waals surface area contributed by atoms with Gasteiger partial charge in [-0.25, -0.2) is 12.7 Å². The van der Waals surface area contributed by atoms with Crippen LogP contribution >= 0.6 is 0 Å². The van der Waals surface area contributed by atoms with Crippen LogP contribution in [0.3, 0.4) is 0 Å². The topological polar surface area (TPSA) is 46.6 Å². The molecule has 32 heavy (non-hydrogen) atoms. The third kappa shape index (κ3) is 7.51. The van der Waals surface area contributed by atoms with Crippen molar-refractivity contribution in [1.29, 1.82) is 0 Å². The van der Waals surface area contributed by atoms with Gasteiger partial charge in [0.05, 0.1) is 11.4 Å². The highest BCUT2D eigenvalue weighted by molar-refractivity contribution is 7.89. The molecule has 0 unspecified atom stereocenters. The van der Waals surface area contributed by atoms with Crippen LogP contribution in [0.25, 0.3) is 0 Å². The van der Waals surface area contributed by atoms with Crippen LogP contribution in [0.2, 0.25) is 18.1 Å². The summed E-state index contributed by atoms with van der Waals surface area (Å²) in [7, 11) is -5.43. The van der Waals surface area contributed by atoms with Gasteiger partial charge < -0.3 is 4.43 Å². The Morgan fingerprint density at radius 3 is 2.19 bits per heavy atom. The first-order chi connectivity index (χ1) is 14.9. The molecule has 6 heteroatoms. The molecule has 2 aromatic carbocycles. The maximum absolute atomic E-state index is 13.2. The second kappa shape index (κ2) is 11.2. The van der Waals surface area contributed by atoms with Crippen molar-refractivity contribution in [2.45, 2.75) is 76.5 Å². The van der Waals surface area contributed by atoms with E-state index in [9.17, 15) is 8.42 Å². The summed E-state index contributed by atoms with van der Waals surface area (Å²) in [4.78, 5) is 0.260. The molecule has 0 fully saturated rings. The second-order valence-electron chi connectivity index (χ2n) is 9.66. The molecular formula is C26H37NO3SSi. The van der Waals surface area contributed by atoms with Crippen LogP contribution in [-0.4, -0.2) is 27.6 Å². The minimum Gasteiger partial charge on any atom is -0.417 e. The van der Waals surface area contributed by atoms with Crippen molar-refractivity contribution < 1.29 is 12.8 Å². The predicted octanol–water partition coefficient (Wildman–Crippen LogP) is 6.34. The molecule has 0 amide bonds. The summed E-state index contributed by atoms with van der Waals surface area (Å²) < 4.78 is 33.9. The molecule has 174 valence electrons. The lowest BCUT2D eigenvalue weighted by atomic mass is 10.2. The van der Waals surface area contributed by atoms with E-state index < -0.39 is 18.3 Å². The van der Waals surface area contributed by atoms with Crippen LogP contribution in [0.15, 0.2) is 59.5 Å². The second-order valence-corrected chi connectivity index (χ2v) is 16.3. The average Bonchev–Trinajstić information content (AvgIpc) is 2.72. The molecule has 0 saturated heterocycles. The van der Waals surface area contributed by atoms with Crippen molar-refractivity contribution in [1.82, 2.24) is 4.31 Å². The quantitative estimate of drug-likeness (QED) is 0.186. The summed E-state index contributed by atoms with van der Waals surface area (Å²) in [5, 5.41) is 0.203. The lowest BCUT2D eigenvalue weighted by Gasteiger charge is -2.36. The molecule has 0 heterocycles. The standard InChI is InChI=1S/C26H37NO3SSi/c1-23-16-18-25(19-17-23)31(28,29)27(22-24-14-10-9-11-15-24)20-12-7-8-13-21-30-32(5,6)26(2,3)4/h9-11,14-19H,7-8,13,21-22H2,1-6H3. The number of rotatable bonds is 9. The smallest absolute Gasteiger partial charge is 0.271 e.